The molecule has 1 aliphatic rings. The van der Waals surface area contributed by atoms with E-state index < -0.39 is 6.04 Å². The van der Waals surface area contributed by atoms with E-state index in [4.69, 9.17) is 4.74 Å². The van der Waals surface area contributed by atoms with Crippen molar-refractivity contribution in [3.63, 3.8) is 0 Å². The quantitative estimate of drug-likeness (QED) is 0.585. The first-order chi connectivity index (χ1) is 15.1. The first-order valence-electron chi connectivity index (χ1n) is 10.6. The van der Waals surface area contributed by atoms with Crippen molar-refractivity contribution in [2.45, 2.75) is 44.8 Å². The Labute approximate surface area is 181 Å². The van der Waals surface area contributed by atoms with Gasteiger partial charge in [-0.15, -0.1) is 0 Å². The Morgan fingerprint density at radius 2 is 1.77 bits per heavy atom. The van der Waals surface area contributed by atoms with E-state index in [1.807, 2.05) is 18.2 Å². The summed E-state index contributed by atoms with van der Waals surface area (Å²) in [6.45, 7) is 1.77. The smallest absolute Gasteiger partial charge is 0.259 e. The fraction of sp³-hybridized carbons (Fsp3) is 0.292. The largest absolute Gasteiger partial charge is 0.490 e. The van der Waals surface area contributed by atoms with E-state index in [0.717, 1.165) is 25.7 Å². The number of nitrogens with zero attached hydrogens (tertiary/aromatic N) is 2. The molecule has 2 amide bonds. The maximum Gasteiger partial charge on any atom is 0.259 e. The number of anilines is 2. The molecule has 1 aromatic heterocycles. The number of hydrogen-bond donors (Lipinski definition) is 2. The van der Waals surface area contributed by atoms with Gasteiger partial charge in [0.15, 0.2) is 0 Å². The molecule has 7 heteroatoms. The molecule has 7 nitrogen and oxygen atoms in total. The molecular weight excluding hydrogens is 392 g/mol. The molecule has 4 rings (SSSR count). The van der Waals surface area contributed by atoms with Gasteiger partial charge >= 0.3 is 0 Å². The van der Waals surface area contributed by atoms with E-state index >= 15 is 0 Å². The molecule has 1 unspecified atom stereocenters. The molecule has 1 aliphatic carbocycles. The summed E-state index contributed by atoms with van der Waals surface area (Å²) in [5, 5.41) is 9.87. The van der Waals surface area contributed by atoms with Crippen LogP contribution in [0.25, 0.3) is 0 Å². The molecule has 1 fully saturated rings. The molecule has 0 aliphatic heterocycles. The predicted octanol–water partition coefficient (Wildman–Crippen LogP) is 4.66. The van der Waals surface area contributed by atoms with Gasteiger partial charge in [-0.2, -0.15) is 5.10 Å². The van der Waals surface area contributed by atoms with Crippen LogP contribution in [0.3, 0.4) is 0 Å². The minimum Gasteiger partial charge on any atom is -0.490 e. The highest BCUT2D eigenvalue weighted by Gasteiger charge is 2.20. The highest BCUT2D eigenvalue weighted by atomic mass is 16.5. The Morgan fingerprint density at radius 1 is 1.03 bits per heavy atom. The zero-order valence-electron chi connectivity index (χ0n) is 17.5. The van der Waals surface area contributed by atoms with Crippen LogP contribution in [0.2, 0.25) is 0 Å². The summed E-state index contributed by atoms with van der Waals surface area (Å²) in [6, 6.07) is 15.7. The highest BCUT2D eigenvalue weighted by molar-refractivity contribution is 6.06. The van der Waals surface area contributed by atoms with Crippen LogP contribution in [-0.4, -0.2) is 27.7 Å². The van der Waals surface area contributed by atoms with Crippen LogP contribution in [0.5, 0.6) is 5.75 Å². The van der Waals surface area contributed by atoms with Gasteiger partial charge in [0.1, 0.15) is 11.8 Å². The summed E-state index contributed by atoms with van der Waals surface area (Å²) in [6.07, 6.45) is 7.92. The fourth-order valence-corrected chi connectivity index (χ4v) is 3.69. The summed E-state index contributed by atoms with van der Waals surface area (Å²) < 4.78 is 7.66. The van der Waals surface area contributed by atoms with Crippen molar-refractivity contribution < 1.29 is 14.3 Å². The molecule has 160 valence electrons. The zero-order chi connectivity index (χ0) is 21.6. The van der Waals surface area contributed by atoms with Crippen LogP contribution >= 0.6 is 0 Å². The number of para-hydroxylation sites is 1. The minimum absolute atomic E-state index is 0.171. The molecule has 1 saturated carbocycles. The summed E-state index contributed by atoms with van der Waals surface area (Å²) in [5.41, 5.74) is 1.68. The summed E-state index contributed by atoms with van der Waals surface area (Å²) in [4.78, 5) is 25.4. The second-order valence-electron chi connectivity index (χ2n) is 7.71. The molecule has 0 radical (unpaired) electrons. The lowest BCUT2D eigenvalue weighted by atomic mass is 10.1. The minimum atomic E-state index is -0.451. The van der Waals surface area contributed by atoms with Crippen LogP contribution in [0.1, 0.15) is 49.0 Å². The van der Waals surface area contributed by atoms with Gasteiger partial charge in [-0.3, -0.25) is 14.3 Å². The molecule has 1 atom stereocenters. The Hall–Kier alpha value is -3.61. The van der Waals surface area contributed by atoms with Gasteiger partial charge in [0.25, 0.3) is 5.91 Å². The molecule has 2 aromatic carbocycles. The monoisotopic (exact) mass is 418 g/mol. The van der Waals surface area contributed by atoms with Crippen molar-refractivity contribution in [2.75, 3.05) is 10.6 Å². The van der Waals surface area contributed by atoms with Gasteiger partial charge in [-0.25, -0.2) is 0 Å². The molecule has 31 heavy (non-hydrogen) atoms. The third kappa shape index (κ3) is 5.12. The average molecular weight is 418 g/mol. The number of hydrogen-bond acceptors (Lipinski definition) is 4. The highest BCUT2D eigenvalue weighted by Crippen LogP contribution is 2.27. The first kappa shape index (κ1) is 20.7. The number of nitrogens with one attached hydrogen (secondary N) is 2. The number of aromatic nitrogens is 2. The van der Waals surface area contributed by atoms with Gasteiger partial charge in [-0.05, 0) is 69.0 Å². The Bertz CT molecular complexity index is 1040. The SMILES string of the molecule is CC(C(=O)Nc1cccc(NC(=O)c2ccccc2OC2CCCC2)c1)n1cccn1. The molecule has 0 saturated heterocycles. The van der Waals surface area contributed by atoms with Crippen molar-refractivity contribution in [2.24, 2.45) is 0 Å². The molecule has 0 spiro atoms. The van der Waals surface area contributed by atoms with Crippen LogP contribution < -0.4 is 15.4 Å². The maximum atomic E-state index is 12.9. The molecule has 3 aromatic rings. The van der Waals surface area contributed by atoms with Crippen molar-refractivity contribution in [1.82, 2.24) is 9.78 Å². The van der Waals surface area contributed by atoms with E-state index in [9.17, 15) is 9.59 Å². The van der Waals surface area contributed by atoms with Crippen LogP contribution in [0.4, 0.5) is 11.4 Å². The van der Waals surface area contributed by atoms with Gasteiger partial charge in [0.05, 0.1) is 11.7 Å². The van der Waals surface area contributed by atoms with Crippen LogP contribution in [-0.2, 0) is 4.79 Å². The van der Waals surface area contributed by atoms with Crippen molar-refractivity contribution >= 4 is 23.2 Å². The van der Waals surface area contributed by atoms with Crippen LogP contribution in [0.15, 0.2) is 67.0 Å². The van der Waals surface area contributed by atoms with Gasteiger partial charge in [-0.1, -0.05) is 18.2 Å². The number of carbonyl (C=O) groups is 2. The standard InChI is InChI=1S/C24H26N4O3/c1-17(28-15-7-14-25-28)23(29)26-18-8-6-9-19(16-18)27-24(30)21-12-4-5-13-22(21)31-20-10-2-3-11-20/h4-9,12-17,20H,2-3,10-11H2,1H3,(H,26,29)(H,27,30). The normalized spacial score (nSPS) is 14.7. The lowest BCUT2D eigenvalue weighted by Crippen LogP contribution is -2.24. The second kappa shape index (κ2) is 9.47. The molecule has 2 N–H and O–H groups in total. The Morgan fingerprint density at radius 3 is 2.52 bits per heavy atom. The topological polar surface area (TPSA) is 85.3 Å². The number of ether oxygens (including phenoxy) is 1. The Kier molecular flexibility index (Phi) is 6.31. The summed E-state index contributed by atoms with van der Waals surface area (Å²) in [5.74, 6) is 0.161. The lowest BCUT2D eigenvalue weighted by molar-refractivity contribution is -0.119. The predicted molar refractivity (Wildman–Crippen MR) is 119 cm³/mol. The first-order valence-corrected chi connectivity index (χ1v) is 10.6. The zero-order valence-corrected chi connectivity index (χ0v) is 17.5. The Balaban J connectivity index is 1.43. The third-order valence-electron chi connectivity index (χ3n) is 5.42. The summed E-state index contributed by atoms with van der Waals surface area (Å²) in [7, 11) is 0. The van der Waals surface area contributed by atoms with Crippen molar-refractivity contribution in [3.05, 3.63) is 72.6 Å². The maximum absolute atomic E-state index is 12.9. The number of amides is 2. The van der Waals surface area contributed by atoms with E-state index in [1.165, 1.54) is 0 Å². The van der Waals surface area contributed by atoms with Crippen molar-refractivity contribution in [1.29, 1.82) is 0 Å². The van der Waals surface area contributed by atoms with E-state index in [-0.39, 0.29) is 17.9 Å². The van der Waals surface area contributed by atoms with E-state index in [2.05, 4.69) is 15.7 Å². The lowest BCUT2D eigenvalue weighted by Gasteiger charge is -2.16. The number of carbonyl (C=O) groups excluding carboxylic acids is 2. The third-order valence-corrected chi connectivity index (χ3v) is 5.42. The van der Waals surface area contributed by atoms with E-state index in [0.29, 0.717) is 22.7 Å². The van der Waals surface area contributed by atoms with Crippen molar-refractivity contribution in [3.8, 4) is 5.75 Å². The molecular formula is C24H26N4O3. The van der Waals surface area contributed by atoms with Gasteiger partial charge in [0, 0.05) is 23.8 Å². The van der Waals surface area contributed by atoms with E-state index in [1.54, 1.807) is 60.4 Å². The fourth-order valence-electron chi connectivity index (χ4n) is 3.69. The van der Waals surface area contributed by atoms with Crippen LogP contribution in [0, 0.1) is 0 Å². The molecule has 0 bridgehead atoms. The number of benzene rings is 2. The van der Waals surface area contributed by atoms with Gasteiger partial charge < -0.3 is 15.4 Å². The summed E-state index contributed by atoms with van der Waals surface area (Å²) >= 11 is 0. The number of rotatable bonds is 7. The molecule has 1 heterocycles. The second-order valence-corrected chi connectivity index (χ2v) is 7.71. The average Bonchev–Trinajstić information content (AvgIpc) is 3.48. The van der Waals surface area contributed by atoms with Gasteiger partial charge in [0.2, 0.25) is 5.91 Å².